The van der Waals surface area contributed by atoms with Crippen LogP contribution in [0.25, 0.3) is 11.2 Å². The number of aryl methyl sites for hydroxylation is 2. The standard InChI is InChI=1S/C14H18ClN3O2S/c1-10-2-3-12-14(16-10)18(13(17-12)4-6-15)8-11-5-7-21(19,20)9-11/h2-3,11H,4-9H2,1H3. The third-order valence-corrected chi connectivity index (χ3v) is 5.92. The molecule has 0 radical (unpaired) electrons. The first-order valence-electron chi connectivity index (χ1n) is 7.07. The molecule has 2 aromatic heterocycles. The molecule has 0 saturated carbocycles. The van der Waals surface area contributed by atoms with E-state index in [2.05, 4.69) is 14.5 Å². The van der Waals surface area contributed by atoms with Crippen molar-refractivity contribution in [1.29, 1.82) is 0 Å². The quantitative estimate of drug-likeness (QED) is 0.805. The van der Waals surface area contributed by atoms with Gasteiger partial charge in [0, 0.05) is 24.5 Å². The average molecular weight is 328 g/mol. The molecule has 21 heavy (non-hydrogen) atoms. The molecular weight excluding hydrogens is 310 g/mol. The van der Waals surface area contributed by atoms with Gasteiger partial charge in [-0.05, 0) is 31.4 Å². The van der Waals surface area contributed by atoms with Crippen molar-refractivity contribution in [2.24, 2.45) is 5.92 Å². The predicted octanol–water partition coefficient (Wildman–Crippen LogP) is 1.96. The Hall–Kier alpha value is -1.14. The smallest absolute Gasteiger partial charge is 0.160 e. The lowest BCUT2D eigenvalue weighted by molar-refractivity contribution is 0.486. The van der Waals surface area contributed by atoms with Crippen molar-refractivity contribution < 1.29 is 8.42 Å². The Morgan fingerprint density at radius 1 is 1.38 bits per heavy atom. The van der Waals surface area contributed by atoms with Crippen LogP contribution in [0.2, 0.25) is 0 Å². The number of alkyl halides is 1. The molecule has 1 atom stereocenters. The van der Waals surface area contributed by atoms with E-state index >= 15 is 0 Å². The number of rotatable bonds is 4. The molecule has 1 unspecified atom stereocenters. The second-order valence-corrected chi connectivity index (χ2v) is 8.25. The van der Waals surface area contributed by atoms with Gasteiger partial charge in [-0.3, -0.25) is 0 Å². The summed E-state index contributed by atoms with van der Waals surface area (Å²) in [5, 5.41) is 0. The fraction of sp³-hybridized carbons (Fsp3) is 0.571. The molecule has 1 aliphatic rings. The van der Waals surface area contributed by atoms with E-state index in [1.54, 1.807) is 0 Å². The summed E-state index contributed by atoms with van der Waals surface area (Å²) in [7, 11) is -2.87. The largest absolute Gasteiger partial charge is 0.312 e. The molecule has 114 valence electrons. The highest BCUT2D eigenvalue weighted by Crippen LogP contribution is 2.24. The first kappa shape index (κ1) is 14.8. The van der Waals surface area contributed by atoms with E-state index in [1.165, 1.54) is 0 Å². The lowest BCUT2D eigenvalue weighted by atomic mass is 10.1. The normalized spacial score (nSPS) is 21.1. The second kappa shape index (κ2) is 5.57. The van der Waals surface area contributed by atoms with Crippen LogP contribution >= 0.6 is 11.6 Å². The lowest BCUT2D eigenvalue weighted by Gasteiger charge is -2.12. The van der Waals surface area contributed by atoms with Crippen LogP contribution in [0.5, 0.6) is 0 Å². The summed E-state index contributed by atoms with van der Waals surface area (Å²) in [6.45, 7) is 2.59. The van der Waals surface area contributed by atoms with Crippen LogP contribution in [0.1, 0.15) is 17.9 Å². The number of hydrogen-bond donors (Lipinski definition) is 0. The highest BCUT2D eigenvalue weighted by molar-refractivity contribution is 7.91. The Kier molecular flexibility index (Phi) is 3.92. The van der Waals surface area contributed by atoms with E-state index in [9.17, 15) is 8.42 Å². The molecule has 1 saturated heterocycles. The number of sulfone groups is 1. The minimum absolute atomic E-state index is 0.142. The molecule has 0 aromatic carbocycles. The third kappa shape index (κ3) is 3.06. The van der Waals surface area contributed by atoms with E-state index in [0.717, 1.165) is 22.7 Å². The van der Waals surface area contributed by atoms with Gasteiger partial charge < -0.3 is 4.57 Å². The van der Waals surface area contributed by atoms with Crippen LogP contribution < -0.4 is 0 Å². The zero-order chi connectivity index (χ0) is 15.0. The molecule has 2 aromatic rings. The van der Waals surface area contributed by atoms with Crippen LogP contribution in [0, 0.1) is 12.8 Å². The lowest BCUT2D eigenvalue weighted by Crippen LogP contribution is -2.15. The highest BCUT2D eigenvalue weighted by atomic mass is 35.5. The van der Waals surface area contributed by atoms with E-state index in [4.69, 9.17) is 11.6 Å². The van der Waals surface area contributed by atoms with Crippen LogP contribution in [0.15, 0.2) is 12.1 Å². The van der Waals surface area contributed by atoms with Crippen molar-refractivity contribution in [3.63, 3.8) is 0 Å². The number of halogens is 1. The first-order valence-corrected chi connectivity index (χ1v) is 9.43. The minimum Gasteiger partial charge on any atom is -0.312 e. The van der Waals surface area contributed by atoms with Gasteiger partial charge in [-0.15, -0.1) is 11.6 Å². The predicted molar refractivity (Wildman–Crippen MR) is 83.4 cm³/mol. The Morgan fingerprint density at radius 3 is 2.86 bits per heavy atom. The zero-order valence-corrected chi connectivity index (χ0v) is 13.5. The molecule has 1 aliphatic heterocycles. The molecule has 0 N–H and O–H groups in total. The van der Waals surface area contributed by atoms with Gasteiger partial charge in [0.05, 0.1) is 11.5 Å². The molecule has 3 heterocycles. The summed E-state index contributed by atoms with van der Waals surface area (Å²) in [4.78, 5) is 9.15. The Morgan fingerprint density at radius 2 is 2.19 bits per heavy atom. The Labute approximate surface area is 129 Å². The number of nitrogens with zero attached hydrogens (tertiary/aromatic N) is 3. The van der Waals surface area contributed by atoms with Gasteiger partial charge in [0.15, 0.2) is 15.5 Å². The SMILES string of the molecule is Cc1ccc2nc(CCCl)n(CC3CCS(=O)(=O)C3)c2n1. The van der Waals surface area contributed by atoms with Gasteiger partial charge in [0.25, 0.3) is 0 Å². The van der Waals surface area contributed by atoms with Crippen LogP contribution in [-0.4, -0.2) is 40.3 Å². The van der Waals surface area contributed by atoms with E-state index in [1.807, 2.05) is 19.1 Å². The summed E-state index contributed by atoms with van der Waals surface area (Å²) in [5.74, 6) is 2.08. The van der Waals surface area contributed by atoms with E-state index < -0.39 is 9.84 Å². The molecule has 0 aliphatic carbocycles. The average Bonchev–Trinajstić information content (AvgIpc) is 2.92. The van der Waals surface area contributed by atoms with Gasteiger partial charge in [-0.2, -0.15) is 0 Å². The maximum atomic E-state index is 11.6. The van der Waals surface area contributed by atoms with Crippen molar-refractivity contribution in [3.05, 3.63) is 23.7 Å². The Balaban J connectivity index is 1.98. The third-order valence-electron chi connectivity index (χ3n) is 3.90. The van der Waals surface area contributed by atoms with Gasteiger partial charge in [-0.25, -0.2) is 18.4 Å². The molecule has 1 fully saturated rings. The molecule has 5 nitrogen and oxygen atoms in total. The summed E-state index contributed by atoms with van der Waals surface area (Å²) in [5.41, 5.74) is 2.61. The van der Waals surface area contributed by atoms with E-state index in [-0.39, 0.29) is 11.7 Å². The fourth-order valence-corrected chi connectivity index (χ4v) is 4.90. The monoisotopic (exact) mass is 327 g/mol. The van der Waals surface area contributed by atoms with Crippen molar-refractivity contribution in [2.45, 2.75) is 26.3 Å². The second-order valence-electron chi connectivity index (χ2n) is 5.64. The molecule has 0 spiro atoms. The van der Waals surface area contributed by atoms with E-state index in [0.29, 0.717) is 31.0 Å². The Bertz CT molecular complexity index is 770. The number of aromatic nitrogens is 3. The van der Waals surface area contributed by atoms with Gasteiger partial charge in [0.2, 0.25) is 0 Å². The number of pyridine rings is 1. The molecule has 7 heteroatoms. The molecule has 0 amide bonds. The number of fused-ring (bicyclic) bond motifs is 1. The maximum absolute atomic E-state index is 11.6. The fourth-order valence-electron chi connectivity index (χ4n) is 2.88. The maximum Gasteiger partial charge on any atom is 0.160 e. The van der Waals surface area contributed by atoms with Crippen molar-refractivity contribution in [1.82, 2.24) is 14.5 Å². The van der Waals surface area contributed by atoms with Crippen LogP contribution in [0.4, 0.5) is 0 Å². The molecular formula is C14H18ClN3O2S. The topological polar surface area (TPSA) is 64.8 Å². The van der Waals surface area contributed by atoms with Crippen LogP contribution in [-0.2, 0) is 22.8 Å². The highest BCUT2D eigenvalue weighted by Gasteiger charge is 2.29. The summed E-state index contributed by atoms with van der Waals surface area (Å²) in [6, 6.07) is 3.89. The van der Waals surface area contributed by atoms with Gasteiger partial charge >= 0.3 is 0 Å². The van der Waals surface area contributed by atoms with Gasteiger partial charge in [-0.1, -0.05) is 0 Å². The van der Waals surface area contributed by atoms with Crippen LogP contribution in [0.3, 0.4) is 0 Å². The minimum atomic E-state index is -2.87. The summed E-state index contributed by atoms with van der Waals surface area (Å²) >= 11 is 5.86. The zero-order valence-electron chi connectivity index (χ0n) is 11.9. The van der Waals surface area contributed by atoms with Crippen molar-refractivity contribution in [2.75, 3.05) is 17.4 Å². The first-order chi connectivity index (χ1) is 9.98. The molecule has 0 bridgehead atoms. The van der Waals surface area contributed by atoms with Crippen molar-refractivity contribution in [3.8, 4) is 0 Å². The number of imidazole rings is 1. The van der Waals surface area contributed by atoms with Crippen molar-refractivity contribution >= 4 is 32.6 Å². The molecule has 3 rings (SSSR count). The van der Waals surface area contributed by atoms with Gasteiger partial charge in [0.1, 0.15) is 11.3 Å². The number of hydrogen-bond acceptors (Lipinski definition) is 4. The summed E-state index contributed by atoms with van der Waals surface area (Å²) in [6.07, 6.45) is 1.38. The summed E-state index contributed by atoms with van der Waals surface area (Å²) < 4.78 is 25.3.